The van der Waals surface area contributed by atoms with Crippen LogP contribution >= 0.6 is 50.2 Å². The van der Waals surface area contributed by atoms with Gasteiger partial charge in [0.25, 0.3) is 0 Å². The Balaban J connectivity index is 0.000000221. The zero-order valence-electron chi connectivity index (χ0n) is 14.2. The van der Waals surface area contributed by atoms with Crippen molar-refractivity contribution in [2.75, 3.05) is 0 Å². The van der Waals surface area contributed by atoms with Gasteiger partial charge < -0.3 is 10.2 Å². The van der Waals surface area contributed by atoms with Gasteiger partial charge in [-0.1, -0.05) is 23.7 Å². The summed E-state index contributed by atoms with van der Waals surface area (Å²) in [4.78, 5) is 23.4. The van der Waals surface area contributed by atoms with E-state index in [4.69, 9.17) is 21.8 Å². The van der Waals surface area contributed by atoms with Crippen LogP contribution in [0.3, 0.4) is 0 Å². The van der Waals surface area contributed by atoms with Crippen LogP contribution in [0.4, 0.5) is 0 Å². The van der Waals surface area contributed by atoms with Gasteiger partial charge in [-0.3, -0.25) is 0 Å². The van der Waals surface area contributed by atoms with Crippen molar-refractivity contribution in [3.63, 3.8) is 0 Å². The van der Waals surface area contributed by atoms with Crippen molar-refractivity contribution >= 4 is 74.3 Å². The van der Waals surface area contributed by atoms with Crippen LogP contribution in [0.5, 0.6) is 0 Å². The number of carboxylic acid groups (broad SMARTS) is 2. The highest BCUT2D eigenvalue weighted by molar-refractivity contribution is 9.11. The zero-order valence-corrected chi connectivity index (χ0v) is 18.2. The number of thiophene rings is 2. The predicted octanol–water partition coefficient (Wildman–Crippen LogP) is 6.77. The third-order valence-electron chi connectivity index (χ3n) is 3.13. The molecule has 2 aromatic heterocycles. The minimum atomic E-state index is -0.938. The van der Waals surface area contributed by atoms with Crippen molar-refractivity contribution in [1.29, 1.82) is 0 Å². The first kappa shape index (κ1) is 22.1. The van der Waals surface area contributed by atoms with Crippen molar-refractivity contribution in [1.82, 2.24) is 0 Å². The predicted molar refractivity (Wildman–Crippen MR) is 120 cm³/mol. The van der Waals surface area contributed by atoms with Gasteiger partial charge in [0.2, 0.25) is 0 Å². The Morgan fingerprint density at radius 1 is 0.821 bits per heavy atom. The summed E-state index contributed by atoms with van der Waals surface area (Å²) in [5.41, 5.74) is 1.08. The van der Waals surface area contributed by atoms with Gasteiger partial charge in [-0.05, 0) is 70.0 Å². The standard InChI is InChI=1S/C13H9ClO2S.C7H5BrO2S/c14-10-3-1-9(2-4-10)12-7-5-11(17-12)6-8-13(15)16;8-6-3-1-5(11-6)2-4-7(9)10/h1-8H,(H,15,16);1-4H,(H,9,10). The molecule has 0 atom stereocenters. The molecule has 0 saturated heterocycles. The highest BCUT2D eigenvalue weighted by atomic mass is 79.9. The highest BCUT2D eigenvalue weighted by Gasteiger charge is 2.01. The van der Waals surface area contributed by atoms with Crippen molar-refractivity contribution < 1.29 is 19.8 Å². The Labute approximate surface area is 183 Å². The largest absolute Gasteiger partial charge is 0.478 e. The number of halogens is 2. The smallest absolute Gasteiger partial charge is 0.328 e. The molecule has 0 fully saturated rings. The molecular formula is C20H14BrClO4S2. The molecule has 1 aromatic carbocycles. The van der Waals surface area contributed by atoms with Crippen molar-refractivity contribution in [3.05, 3.63) is 79.2 Å². The minimum Gasteiger partial charge on any atom is -0.478 e. The molecule has 0 amide bonds. The van der Waals surface area contributed by atoms with Gasteiger partial charge in [-0.15, -0.1) is 22.7 Å². The molecule has 0 radical (unpaired) electrons. The second-order valence-corrected chi connectivity index (χ2v) is 9.24. The monoisotopic (exact) mass is 496 g/mol. The number of rotatable bonds is 5. The van der Waals surface area contributed by atoms with E-state index in [0.717, 1.165) is 36.1 Å². The molecule has 28 heavy (non-hydrogen) atoms. The van der Waals surface area contributed by atoms with Gasteiger partial charge in [0.15, 0.2) is 0 Å². The van der Waals surface area contributed by atoms with Crippen LogP contribution in [-0.4, -0.2) is 22.2 Å². The van der Waals surface area contributed by atoms with Gasteiger partial charge in [-0.2, -0.15) is 0 Å². The third-order valence-corrected chi connectivity index (χ3v) is 6.07. The maximum Gasteiger partial charge on any atom is 0.328 e. The van der Waals surface area contributed by atoms with Crippen LogP contribution in [0.2, 0.25) is 5.02 Å². The zero-order chi connectivity index (χ0) is 20.5. The third kappa shape index (κ3) is 7.82. The van der Waals surface area contributed by atoms with E-state index in [0.29, 0.717) is 5.02 Å². The summed E-state index contributed by atoms with van der Waals surface area (Å²) in [5, 5.41) is 17.5. The van der Waals surface area contributed by atoms with E-state index in [1.807, 2.05) is 48.5 Å². The number of carboxylic acids is 2. The number of benzene rings is 1. The summed E-state index contributed by atoms with van der Waals surface area (Å²) >= 11 is 12.1. The van der Waals surface area contributed by atoms with Crippen molar-refractivity contribution in [3.8, 4) is 10.4 Å². The van der Waals surface area contributed by atoms with Gasteiger partial charge >= 0.3 is 11.9 Å². The van der Waals surface area contributed by atoms with Crippen LogP contribution < -0.4 is 0 Å². The highest BCUT2D eigenvalue weighted by Crippen LogP contribution is 2.29. The van der Waals surface area contributed by atoms with E-state index >= 15 is 0 Å². The van der Waals surface area contributed by atoms with E-state index in [2.05, 4.69) is 15.9 Å². The lowest BCUT2D eigenvalue weighted by molar-refractivity contribution is -0.132. The molecule has 144 valence electrons. The molecule has 0 spiro atoms. The maximum absolute atomic E-state index is 10.4. The molecule has 0 unspecified atom stereocenters. The molecule has 0 bridgehead atoms. The molecule has 8 heteroatoms. The number of hydrogen-bond acceptors (Lipinski definition) is 4. The maximum atomic E-state index is 10.4. The Hall–Kier alpha value is -2.19. The quantitative estimate of drug-likeness (QED) is 0.381. The molecule has 2 heterocycles. The van der Waals surface area contributed by atoms with Crippen LogP contribution in [0.25, 0.3) is 22.6 Å². The van der Waals surface area contributed by atoms with Crippen LogP contribution in [0.15, 0.2) is 64.5 Å². The topological polar surface area (TPSA) is 74.6 Å². The Bertz CT molecular complexity index is 1000. The summed E-state index contributed by atoms with van der Waals surface area (Å²) in [6.07, 6.45) is 5.42. The summed E-state index contributed by atoms with van der Waals surface area (Å²) in [5.74, 6) is -1.86. The number of hydrogen-bond donors (Lipinski definition) is 2. The Morgan fingerprint density at radius 3 is 1.86 bits per heavy atom. The van der Waals surface area contributed by atoms with Crippen LogP contribution in [-0.2, 0) is 9.59 Å². The average molecular weight is 498 g/mol. The SMILES string of the molecule is O=C(O)C=Cc1ccc(-c2ccc(Cl)cc2)s1.O=C(O)C=Cc1ccc(Br)s1. The van der Waals surface area contributed by atoms with Crippen molar-refractivity contribution in [2.24, 2.45) is 0 Å². The van der Waals surface area contributed by atoms with Gasteiger partial charge in [0.05, 0.1) is 3.79 Å². The summed E-state index contributed by atoms with van der Waals surface area (Å²) in [7, 11) is 0. The molecule has 0 aliphatic heterocycles. The van der Waals surface area contributed by atoms with Crippen LogP contribution in [0.1, 0.15) is 9.75 Å². The van der Waals surface area contributed by atoms with Gasteiger partial charge in [0.1, 0.15) is 0 Å². The second-order valence-electron chi connectivity index (χ2n) is 5.19. The van der Waals surface area contributed by atoms with E-state index in [1.165, 1.54) is 11.3 Å². The molecule has 4 nitrogen and oxygen atoms in total. The van der Waals surface area contributed by atoms with E-state index in [1.54, 1.807) is 23.5 Å². The molecule has 0 aliphatic carbocycles. The normalized spacial score (nSPS) is 10.8. The second kappa shape index (κ2) is 11.0. The first-order valence-corrected chi connectivity index (χ1v) is 10.6. The van der Waals surface area contributed by atoms with Crippen molar-refractivity contribution in [2.45, 2.75) is 0 Å². The first-order valence-electron chi connectivity index (χ1n) is 7.76. The molecule has 2 N–H and O–H groups in total. The molecule has 3 rings (SSSR count). The van der Waals surface area contributed by atoms with E-state index < -0.39 is 11.9 Å². The fourth-order valence-electron chi connectivity index (χ4n) is 1.94. The minimum absolute atomic E-state index is 0.705. The first-order chi connectivity index (χ1) is 13.3. The fourth-order valence-corrected chi connectivity index (χ4v) is 4.30. The summed E-state index contributed by atoms with van der Waals surface area (Å²) < 4.78 is 1.00. The summed E-state index contributed by atoms with van der Waals surface area (Å²) in [6.45, 7) is 0. The Kier molecular flexibility index (Phi) is 8.66. The molecule has 3 aromatic rings. The number of carbonyl (C=O) groups is 2. The fraction of sp³-hybridized carbons (Fsp3) is 0. The molecular weight excluding hydrogens is 484 g/mol. The van der Waals surface area contributed by atoms with E-state index in [-0.39, 0.29) is 0 Å². The lowest BCUT2D eigenvalue weighted by Crippen LogP contribution is -1.84. The van der Waals surface area contributed by atoms with Crippen LogP contribution in [0, 0.1) is 0 Å². The van der Waals surface area contributed by atoms with E-state index in [9.17, 15) is 9.59 Å². The Morgan fingerprint density at radius 2 is 1.36 bits per heavy atom. The lowest BCUT2D eigenvalue weighted by atomic mass is 10.2. The number of aliphatic carboxylic acids is 2. The average Bonchev–Trinajstić information content (AvgIpc) is 3.28. The lowest BCUT2D eigenvalue weighted by Gasteiger charge is -1.96. The summed E-state index contributed by atoms with van der Waals surface area (Å²) in [6, 6.07) is 15.2. The van der Waals surface area contributed by atoms with Gasteiger partial charge in [0, 0.05) is 31.8 Å². The van der Waals surface area contributed by atoms with Gasteiger partial charge in [-0.25, -0.2) is 9.59 Å². The molecule has 0 saturated carbocycles. The molecule has 0 aliphatic rings.